The number of benzene rings is 2. The molecule has 0 unspecified atom stereocenters. The molecule has 10 nitrogen and oxygen atoms in total. The highest BCUT2D eigenvalue weighted by molar-refractivity contribution is 5.94. The number of primary amides is 1. The summed E-state index contributed by atoms with van der Waals surface area (Å²) in [5.74, 6) is 0.882. The summed E-state index contributed by atoms with van der Waals surface area (Å²) >= 11 is 0. The summed E-state index contributed by atoms with van der Waals surface area (Å²) in [6.45, 7) is 8.00. The molecular weight excluding hydrogens is 458 g/mol. The molecule has 6 N–H and O–H groups in total. The molecule has 2 aromatic heterocycles. The lowest BCUT2D eigenvalue weighted by molar-refractivity contribution is 0.0999. The monoisotopic (exact) mass is 489 g/mol. The summed E-state index contributed by atoms with van der Waals surface area (Å²) in [7, 11) is 0. The van der Waals surface area contributed by atoms with Crippen molar-refractivity contribution in [3.8, 4) is 11.5 Å². The lowest BCUT2D eigenvalue weighted by Crippen LogP contribution is -2.13. The van der Waals surface area contributed by atoms with E-state index in [4.69, 9.17) is 21.1 Å². The molecule has 188 valence electrons. The summed E-state index contributed by atoms with van der Waals surface area (Å²) in [5, 5.41) is 15.5. The first-order chi connectivity index (χ1) is 17.1. The average Bonchev–Trinajstić information content (AvgIpc) is 3.31. The van der Waals surface area contributed by atoms with E-state index in [2.05, 4.69) is 25.4 Å². The molecule has 2 aromatic carbocycles. The Labute approximate surface area is 209 Å². The van der Waals surface area contributed by atoms with Crippen LogP contribution in [0.1, 0.15) is 48.1 Å². The van der Waals surface area contributed by atoms with Gasteiger partial charge in [-0.3, -0.25) is 4.79 Å². The molecule has 1 amide bonds. The number of nitrogens with one attached hydrogen (secondary N) is 1. The number of hydrogen-bond acceptors (Lipinski definition) is 9. The topological polar surface area (TPSA) is 166 Å². The van der Waals surface area contributed by atoms with Crippen LogP contribution in [0, 0.1) is 6.92 Å². The summed E-state index contributed by atoms with van der Waals surface area (Å²) < 4.78 is 5.28. The van der Waals surface area contributed by atoms with Gasteiger partial charge in [0.25, 0.3) is 5.89 Å². The number of nitrogens with two attached hydrogens (primary N) is 2. The van der Waals surface area contributed by atoms with Gasteiger partial charge in [-0.1, -0.05) is 56.3 Å². The van der Waals surface area contributed by atoms with Gasteiger partial charge in [-0.05, 0) is 42.7 Å². The zero-order valence-electron chi connectivity index (χ0n) is 20.8. The average molecular weight is 490 g/mol. The van der Waals surface area contributed by atoms with Crippen LogP contribution in [0.15, 0.2) is 59.3 Å². The number of aryl methyl sites for hydroxylation is 1. The first-order valence-electron chi connectivity index (χ1n) is 11.4. The fourth-order valence-electron chi connectivity index (χ4n) is 3.18. The predicted molar refractivity (Wildman–Crippen MR) is 139 cm³/mol. The maximum absolute atomic E-state index is 11.3. The Hall–Kier alpha value is -4.31. The second-order valence-corrected chi connectivity index (χ2v) is 9.14. The summed E-state index contributed by atoms with van der Waals surface area (Å²) in [4.78, 5) is 24.2. The lowest BCUT2D eigenvalue weighted by atomic mass is 9.96. The van der Waals surface area contributed by atoms with Crippen molar-refractivity contribution >= 4 is 23.4 Å². The van der Waals surface area contributed by atoms with Crippen LogP contribution in [0.5, 0.6) is 0 Å². The van der Waals surface area contributed by atoms with Gasteiger partial charge < -0.3 is 26.4 Å². The van der Waals surface area contributed by atoms with Crippen LogP contribution in [0.4, 0.5) is 17.5 Å². The van der Waals surface area contributed by atoms with Crippen LogP contribution in [-0.2, 0) is 11.8 Å². The van der Waals surface area contributed by atoms with E-state index in [1.54, 1.807) is 25.1 Å². The summed E-state index contributed by atoms with van der Waals surface area (Å²) in [6.07, 6.45) is 2.29. The number of carbonyl (C=O) groups excluding carboxylic acids is 1. The van der Waals surface area contributed by atoms with E-state index in [0.29, 0.717) is 28.6 Å². The van der Waals surface area contributed by atoms with E-state index < -0.39 is 5.91 Å². The third-order valence-corrected chi connectivity index (χ3v) is 5.14. The highest BCUT2D eigenvalue weighted by Crippen LogP contribution is 2.27. The molecule has 0 bridgehead atoms. The number of hydrogen-bond donors (Lipinski definition) is 4. The van der Waals surface area contributed by atoms with Crippen LogP contribution < -0.4 is 16.8 Å². The van der Waals surface area contributed by atoms with E-state index in [1.807, 2.05) is 51.1 Å². The number of amides is 1. The highest BCUT2D eigenvalue weighted by Gasteiger charge is 2.23. The van der Waals surface area contributed by atoms with E-state index in [9.17, 15) is 4.79 Å². The van der Waals surface area contributed by atoms with Gasteiger partial charge in [0, 0.05) is 29.5 Å². The number of rotatable bonds is 6. The minimum atomic E-state index is -0.474. The number of carbonyl (C=O) groups is 1. The SMILES string of the molecule is Cc1cc(Nc2ncc(-c3nc(C(C)(C)C)no3)c(N)n2)ccc1C(N)=O.OCCc1ccccc1. The second-order valence-electron chi connectivity index (χ2n) is 9.14. The first-order valence-corrected chi connectivity index (χ1v) is 11.4. The largest absolute Gasteiger partial charge is 0.396 e. The van der Waals surface area contributed by atoms with Gasteiger partial charge >= 0.3 is 0 Å². The zero-order valence-corrected chi connectivity index (χ0v) is 20.8. The molecular formula is C26H31N7O3. The van der Waals surface area contributed by atoms with E-state index in [1.165, 1.54) is 11.8 Å². The molecule has 0 saturated heterocycles. The Morgan fingerprint density at radius 2 is 1.83 bits per heavy atom. The first kappa shape index (κ1) is 26.3. The van der Waals surface area contributed by atoms with Crippen molar-refractivity contribution in [2.45, 2.75) is 39.5 Å². The van der Waals surface area contributed by atoms with Crippen molar-refractivity contribution < 1.29 is 14.4 Å². The molecule has 0 aliphatic rings. The number of aromatic nitrogens is 4. The maximum Gasteiger partial charge on any atom is 0.263 e. The van der Waals surface area contributed by atoms with E-state index in [0.717, 1.165) is 12.0 Å². The molecule has 0 spiro atoms. The number of nitrogen functional groups attached to an aromatic ring is 1. The third kappa shape index (κ3) is 6.86. The Kier molecular flexibility index (Phi) is 8.34. The van der Waals surface area contributed by atoms with Gasteiger partial charge in [0.05, 0.1) is 0 Å². The van der Waals surface area contributed by atoms with Crippen LogP contribution in [0.2, 0.25) is 0 Å². The minimum Gasteiger partial charge on any atom is -0.396 e. The molecule has 0 radical (unpaired) electrons. The van der Waals surface area contributed by atoms with Crippen molar-refractivity contribution in [3.63, 3.8) is 0 Å². The molecule has 0 aliphatic heterocycles. The predicted octanol–water partition coefficient (Wildman–Crippen LogP) is 3.78. The van der Waals surface area contributed by atoms with Gasteiger partial charge in [-0.25, -0.2) is 4.98 Å². The quantitative estimate of drug-likeness (QED) is 0.315. The Bertz CT molecular complexity index is 1310. The Balaban J connectivity index is 0.000000338. The maximum atomic E-state index is 11.3. The third-order valence-electron chi connectivity index (χ3n) is 5.14. The molecule has 4 rings (SSSR count). The van der Waals surface area contributed by atoms with Crippen LogP contribution in [-0.4, -0.2) is 37.7 Å². The normalized spacial score (nSPS) is 10.9. The molecule has 0 atom stereocenters. The van der Waals surface area contributed by atoms with Gasteiger partial charge in [0.1, 0.15) is 11.4 Å². The smallest absolute Gasteiger partial charge is 0.263 e. The molecule has 2 heterocycles. The van der Waals surface area contributed by atoms with Crippen molar-refractivity contribution in [1.29, 1.82) is 0 Å². The number of aliphatic hydroxyl groups is 1. The van der Waals surface area contributed by atoms with Gasteiger partial charge in [-0.2, -0.15) is 9.97 Å². The minimum absolute atomic E-state index is 0.210. The van der Waals surface area contributed by atoms with Crippen LogP contribution >= 0.6 is 0 Å². The van der Waals surface area contributed by atoms with Crippen molar-refractivity contribution in [2.75, 3.05) is 17.7 Å². The molecule has 0 aliphatic carbocycles. The Morgan fingerprint density at radius 3 is 2.39 bits per heavy atom. The number of nitrogens with zero attached hydrogens (tertiary/aromatic N) is 4. The van der Waals surface area contributed by atoms with Gasteiger partial charge in [0.15, 0.2) is 5.82 Å². The zero-order chi connectivity index (χ0) is 26.3. The van der Waals surface area contributed by atoms with E-state index >= 15 is 0 Å². The Morgan fingerprint density at radius 1 is 1.11 bits per heavy atom. The van der Waals surface area contributed by atoms with Crippen LogP contribution in [0.3, 0.4) is 0 Å². The molecule has 10 heteroatoms. The molecule has 4 aromatic rings. The molecule has 0 fully saturated rings. The van der Waals surface area contributed by atoms with Crippen LogP contribution in [0.25, 0.3) is 11.5 Å². The van der Waals surface area contributed by atoms with Gasteiger partial charge in [0.2, 0.25) is 11.9 Å². The lowest BCUT2D eigenvalue weighted by Gasteiger charge is -2.11. The molecule has 0 saturated carbocycles. The summed E-state index contributed by atoms with van der Waals surface area (Å²) in [6, 6.07) is 15.1. The standard InChI is InChI=1S/C18H21N7O2.C8H10O/c1-9-7-10(5-6-11(9)14(20)26)22-17-21-8-12(13(19)23-17)15-24-16(25-27-15)18(2,3)4;9-7-6-8-4-2-1-3-5-8/h5-8H,1-4H3,(H2,20,26)(H3,19,21,22,23);1-5,9H,6-7H2. The number of anilines is 3. The highest BCUT2D eigenvalue weighted by atomic mass is 16.5. The fourth-order valence-corrected chi connectivity index (χ4v) is 3.18. The second kappa shape index (κ2) is 11.4. The van der Waals surface area contributed by atoms with Crippen molar-refractivity contribution in [2.24, 2.45) is 5.73 Å². The fraction of sp³-hybridized carbons (Fsp3) is 0.269. The number of aliphatic hydroxyl groups excluding tert-OH is 1. The molecule has 36 heavy (non-hydrogen) atoms. The van der Waals surface area contributed by atoms with Gasteiger partial charge in [-0.15, -0.1) is 0 Å². The van der Waals surface area contributed by atoms with Crippen molar-refractivity contribution in [1.82, 2.24) is 20.1 Å². The summed E-state index contributed by atoms with van der Waals surface area (Å²) in [5.41, 5.74) is 14.7. The van der Waals surface area contributed by atoms with Crippen molar-refractivity contribution in [3.05, 3.63) is 77.2 Å². The van der Waals surface area contributed by atoms with E-state index in [-0.39, 0.29) is 23.7 Å².